The molecule has 29 heavy (non-hydrogen) atoms. The average Bonchev–Trinajstić information content (AvgIpc) is 3.06. The maximum atomic E-state index is 13.3. The summed E-state index contributed by atoms with van der Waals surface area (Å²) in [4.78, 5) is 14.9. The maximum Gasteiger partial charge on any atom is 0.243 e. The third-order valence-corrected chi connectivity index (χ3v) is 9.87. The first-order chi connectivity index (χ1) is 13.9. The summed E-state index contributed by atoms with van der Waals surface area (Å²) in [6, 6.07) is 10.4. The van der Waals surface area contributed by atoms with Crippen LogP contribution in [0.4, 0.5) is 0 Å². The van der Waals surface area contributed by atoms with Crippen LogP contribution in [-0.4, -0.2) is 66.4 Å². The molecule has 2 aromatic carbocycles. The first-order valence-corrected chi connectivity index (χ1v) is 12.4. The molecule has 3 fully saturated rings. The Bertz CT molecular complexity index is 1090. The van der Waals surface area contributed by atoms with Gasteiger partial charge < -0.3 is 10.2 Å². The Hall–Kier alpha value is -1.32. The summed E-state index contributed by atoms with van der Waals surface area (Å²) in [6.45, 7) is 2.88. The number of sulfonamides is 1. The Labute approximate surface area is 179 Å². The van der Waals surface area contributed by atoms with Crippen molar-refractivity contribution in [3.05, 3.63) is 41.4 Å². The molecule has 1 atom stereocenters. The Morgan fingerprint density at radius 1 is 1.10 bits per heavy atom. The van der Waals surface area contributed by atoms with Crippen molar-refractivity contribution in [1.82, 2.24) is 14.5 Å². The van der Waals surface area contributed by atoms with Crippen LogP contribution in [0.5, 0.6) is 0 Å². The largest absolute Gasteiger partial charge is 0.327 e. The number of halogens is 1. The minimum Gasteiger partial charge on any atom is -0.327 e. The van der Waals surface area contributed by atoms with Crippen LogP contribution in [0.1, 0.15) is 12.8 Å². The molecule has 3 saturated heterocycles. The summed E-state index contributed by atoms with van der Waals surface area (Å²) >= 11 is 7.81. The second-order valence-corrected chi connectivity index (χ2v) is 12.0. The van der Waals surface area contributed by atoms with E-state index >= 15 is 0 Å². The van der Waals surface area contributed by atoms with Crippen LogP contribution in [0.15, 0.2) is 41.3 Å². The number of nitrogens with zero attached hydrogens (tertiary/aromatic N) is 2. The molecule has 0 radical (unpaired) electrons. The van der Waals surface area contributed by atoms with Crippen molar-refractivity contribution in [2.75, 3.05) is 32.7 Å². The highest BCUT2D eigenvalue weighted by atomic mass is 35.5. The molecule has 2 aromatic rings. The third kappa shape index (κ3) is 3.45. The van der Waals surface area contributed by atoms with Crippen LogP contribution in [0, 0.1) is 0 Å². The van der Waals surface area contributed by atoms with Crippen LogP contribution < -0.4 is 5.32 Å². The van der Waals surface area contributed by atoms with Crippen molar-refractivity contribution in [2.24, 2.45) is 0 Å². The SMILES string of the molecule is O=C1CN(S(=O)(=O)c2ccc3cc(Cl)ccc3c2)CC2SC3(CCNCC3)CN12. The minimum atomic E-state index is -3.75. The number of carbonyl (C=O) groups is 1. The smallest absolute Gasteiger partial charge is 0.243 e. The Kier molecular flexibility index (Phi) is 4.83. The highest BCUT2D eigenvalue weighted by molar-refractivity contribution is 8.01. The molecule has 1 amide bonds. The molecule has 3 heterocycles. The number of rotatable bonds is 2. The van der Waals surface area contributed by atoms with Gasteiger partial charge in [0.15, 0.2) is 0 Å². The van der Waals surface area contributed by atoms with Crippen LogP contribution in [0.25, 0.3) is 10.8 Å². The fraction of sp³-hybridized carbons (Fsp3) is 0.450. The highest BCUT2D eigenvalue weighted by Gasteiger charge is 2.51. The van der Waals surface area contributed by atoms with Crippen LogP contribution in [0.2, 0.25) is 5.02 Å². The monoisotopic (exact) mass is 451 g/mol. The van der Waals surface area contributed by atoms with Gasteiger partial charge in [-0.25, -0.2) is 8.42 Å². The topological polar surface area (TPSA) is 69.7 Å². The molecule has 5 rings (SSSR count). The zero-order valence-corrected chi connectivity index (χ0v) is 18.2. The zero-order chi connectivity index (χ0) is 20.2. The Morgan fingerprint density at radius 3 is 2.62 bits per heavy atom. The Morgan fingerprint density at radius 2 is 1.83 bits per heavy atom. The predicted molar refractivity (Wildman–Crippen MR) is 116 cm³/mol. The van der Waals surface area contributed by atoms with Crippen LogP contribution in [0.3, 0.4) is 0 Å². The fourth-order valence-electron chi connectivity index (χ4n) is 4.51. The Balaban J connectivity index is 1.42. The van der Waals surface area contributed by atoms with Crippen LogP contribution in [-0.2, 0) is 14.8 Å². The van der Waals surface area contributed by atoms with E-state index in [2.05, 4.69) is 5.32 Å². The number of fused-ring (bicyclic) bond motifs is 2. The number of hydrogen-bond acceptors (Lipinski definition) is 5. The molecule has 0 aromatic heterocycles. The molecule has 1 unspecified atom stereocenters. The van der Waals surface area contributed by atoms with Gasteiger partial charge in [0.2, 0.25) is 15.9 Å². The molecule has 0 saturated carbocycles. The quantitative estimate of drug-likeness (QED) is 0.759. The van der Waals surface area contributed by atoms with E-state index in [-0.39, 0.29) is 27.5 Å². The van der Waals surface area contributed by atoms with Gasteiger partial charge in [-0.2, -0.15) is 4.31 Å². The number of amides is 1. The molecule has 0 bridgehead atoms. The van der Waals surface area contributed by atoms with Gasteiger partial charge in [-0.05, 0) is 61.0 Å². The van der Waals surface area contributed by atoms with E-state index in [9.17, 15) is 13.2 Å². The molecule has 0 aliphatic carbocycles. The number of carbonyl (C=O) groups excluding carboxylic acids is 1. The molecular weight excluding hydrogens is 430 g/mol. The predicted octanol–water partition coefficient (Wildman–Crippen LogP) is 2.52. The molecule has 154 valence electrons. The van der Waals surface area contributed by atoms with Crippen LogP contribution >= 0.6 is 23.4 Å². The van der Waals surface area contributed by atoms with E-state index in [4.69, 9.17) is 11.6 Å². The number of thioether (sulfide) groups is 1. The van der Waals surface area contributed by atoms with E-state index in [0.717, 1.165) is 43.2 Å². The standard InChI is InChI=1S/C20H22ClN3O3S2/c21-16-3-1-15-10-17(4-2-14(15)9-16)29(26,27)23-11-18(25)24-13-20(28-19(24)12-23)5-7-22-8-6-20/h1-4,9-10,19,22H,5-8,11-13H2. The summed E-state index contributed by atoms with van der Waals surface area (Å²) in [7, 11) is -3.75. The van der Waals surface area contributed by atoms with Gasteiger partial charge in [0.1, 0.15) is 0 Å². The van der Waals surface area contributed by atoms with Crippen molar-refractivity contribution in [3.63, 3.8) is 0 Å². The molecule has 9 heteroatoms. The molecule has 1 N–H and O–H groups in total. The molecule has 3 aliphatic rings. The average molecular weight is 452 g/mol. The number of hydrogen-bond donors (Lipinski definition) is 1. The van der Waals surface area contributed by atoms with E-state index in [1.165, 1.54) is 4.31 Å². The summed E-state index contributed by atoms with van der Waals surface area (Å²) in [5, 5.41) is 5.57. The second kappa shape index (κ2) is 7.13. The van der Waals surface area contributed by atoms with Gasteiger partial charge >= 0.3 is 0 Å². The first kappa shape index (κ1) is 19.6. The van der Waals surface area contributed by atoms with E-state index in [1.54, 1.807) is 36.0 Å². The van der Waals surface area contributed by atoms with Gasteiger partial charge in [-0.3, -0.25) is 4.79 Å². The van der Waals surface area contributed by atoms with Gasteiger partial charge in [0.25, 0.3) is 0 Å². The number of nitrogens with one attached hydrogen (secondary N) is 1. The minimum absolute atomic E-state index is 0.0631. The van der Waals surface area contributed by atoms with Gasteiger partial charge in [0, 0.05) is 22.9 Å². The first-order valence-electron chi connectivity index (χ1n) is 9.74. The lowest BCUT2D eigenvalue weighted by Gasteiger charge is -2.35. The van der Waals surface area contributed by atoms with Crippen molar-refractivity contribution in [2.45, 2.75) is 27.9 Å². The maximum absolute atomic E-state index is 13.3. The highest BCUT2D eigenvalue weighted by Crippen LogP contribution is 2.47. The van der Waals surface area contributed by atoms with Crippen molar-refractivity contribution in [1.29, 1.82) is 0 Å². The number of piperazine rings is 1. The van der Waals surface area contributed by atoms with Crippen molar-refractivity contribution < 1.29 is 13.2 Å². The molecule has 6 nitrogen and oxygen atoms in total. The lowest BCUT2D eigenvalue weighted by atomic mass is 9.96. The second-order valence-electron chi connectivity index (χ2n) is 7.98. The lowest BCUT2D eigenvalue weighted by molar-refractivity contribution is -0.134. The molecular formula is C20H22ClN3O3S2. The van der Waals surface area contributed by atoms with Gasteiger partial charge in [0.05, 0.1) is 16.8 Å². The summed E-state index contributed by atoms with van der Waals surface area (Å²) in [6.07, 6.45) is 2.02. The zero-order valence-electron chi connectivity index (χ0n) is 15.8. The number of benzene rings is 2. The summed E-state index contributed by atoms with van der Waals surface area (Å²) in [5.41, 5.74) is 0. The fourth-order valence-corrected chi connectivity index (χ4v) is 8.02. The summed E-state index contributed by atoms with van der Waals surface area (Å²) < 4.78 is 28.0. The van der Waals surface area contributed by atoms with E-state index in [0.29, 0.717) is 11.6 Å². The van der Waals surface area contributed by atoms with Crippen molar-refractivity contribution in [3.8, 4) is 0 Å². The lowest BCUT2D eigenvalue weighted by Crippen LogP contribution is -2.55. The van der Waals surface area contributed by atoms with E-state index < -0.39 is 10.0 Å². The summed E-state index contributed by atoms with van der Waals surface area (Å²) in [5.74, 6) is -0.0969. The van der Waals surface area contributed by atoms with Crippen molar-refractivity contribution >= 4 is 50.1 Å². The van der Waals surface area contributed by atoms with Gasteiger partial charge in [-0.15, -0.1) is 11.8 Å². The molecule has 3 aliphatic heterocycles. The third-order valence-electron chi connectivity index (χ3n) is 6.11. The molecule has 1 spiro atoms. The number of piperidine rings is 1. The van der Waals surface area contributed by atoms with Gasteiger partial charge in [-0.1, -0.05) is 23.7 Å². The normalized spacial score (nSPS) is 24.9. The van der Waals surface area contributed by atoms with E-state index in [1.807, 2.05) is 17.0 Å².